The van der Waals surface area contributed by atoms with E-state index in [2.05, 4.69) is 0 Å². The van der Waals surface area contributed by atoms with Crippen LogP contribution < -0.4 is 0 Å². The van der Waals surface area contributed by atoms with Crippen molar-refractivity contribution in [2.24, 2.45) is 0 Å². The number of amides is 2. The van der Waals surface area contributed by atoms with E-state index < -0.39 is 18.0 Å². The number of nitrogens with zero attached hydrogens (tertiary/aromatic N) is 2. The lowest BCUT2D eigenvalue weighted by Crippen LogP contribution is -2.55. The molecule has 0 radical (unpaired) electrons. The van der Waals surface area contributed by atoms with Crippen LogP contribution in [0.5, 0.6) is 0 Å². The fourth-order valence-electron chi connectivity index (χ4n) is 2.97. The molecule has 0 saturated carbocycles. The van der Waals surface area contributed by atoms with Crippen molar-refractivity contribution in [2.45, 2.75) is 12.1 Å². The smallest absolute Gasteiger partial charge is 0.254 e. The molecule has 0 spiro atoms. The number of rotatable bonds is 2. The van der Waals surface area contributed by atoms with Gasteiger partial charge in [0.1, 0.15) is 12.4 Å². The van der Waals surface area contributed by atoms with Crippen LogP contribution in [0.4, 0.5) is 4.39 Å². The van der Waals surface area contributed by atoms with Gasteiger partial charge in [0.15, 0.2) is 6.10 Å². The summed E-state index contributed by atoms with van der Waals surface area (Å²) in [6.45, 7) is 1.71. The average Bonchev–Trinajstić information content (AvgIpc) is 2.58. The van der Waals surface area contributed by atoms with Crippen LogP contribution in [0.1, 0.15) is 11.6 Å². The Morgan fingerprint density at radius 3 is 2.65 bits per heavy atom. The van der Waals surface area contributed by atoms with Gasteiger partial charge < -0.3 is 19.3 Å². The summed E-state index contributed by atoms with van der Waals surface area (Å²) in [5, 5.41) is 0. The van der Waals surface area contributed by atoms with Crippen molar-refractivity contribution in [2.75, 3.05) is 40.0 Å². The van der Waals surface area contributed by atoms with Gasteiger partial charge >= 0.3 is 0 Å². The molecule has 0 aromatic heterocycles. The summed E-state index contributed by atoms with van der Waals surface area (Å²) >= 11 is 0. The lowest BCUT2D eigenvalue weighted by atomic mass is 9.96. The van der Waals surface area contributed by atoms with Crippen LogP contribution >= 0.6 is 0 Å². The van der Waals surface area contributed by atoms with Gasteiger partial charge in [-0.25, -0.2) is 4.39 Å². The highest BCUT2D eigenvalue weighted by molar-refractivity contribution is 5.86. The first kappa shape index (κ1) is 15.9. The number of morpholine rings is 2. The fraction of sp³-hybridized carbons (Fsp3) is 0.500. The van der Waals surface area contributed by atoms with Gasteiger partial charge in [0.05, 0.1) is 19.3 Å². The number of carbonyl (C=O) groups excluding carboxylic acids is 2. The molecular weight excluding hydrogens is 303 g/mol. The lowest BCUT2D eigenvalue weighted by Gasteiger charge is -2.40. The predicted molar refractivity (Wildman–Crippen MR) is 79.1 cm³/mol. The number of ether oxygens (including phenoxy) is 2. The maximum absolute atomic E-state index is 14.2. The van der Waals surface area contributed by atoms with E-state index in [9.17, 15) is 14.0 Å². The minimum Gasteiger partial charge on any atom is -0.378 e. The minimum absolute atomic E-state index is 0.178. The monoisotopic (exact) mass is 322 g/mol. The SMILES string of the molecule is CN1C(=O)CO[C@@H](C(=O)N2CCOCC2)[C@H]1c1ccccc1F. The molecule has 6 nitrogen and oxygen atoms in total. The van der Waals surface area contributed by atoms with Crippen LogP contribution in [0.3, 0.4) is 0 Å². The molecule has 1 aromatic rings. The van der Waals surface area contributed by atoms with Gasteiger partial charge in [0.2, 0.25) is 5.91 Å². The van der Waals surface area contributed by atoms with Crippen molar-refractivity contribution in [1.29, 1.82) is 0 Å². The van der Waals surface area contributed by atoms with Crippen molar-refractivity contribution in [3.05, 3.63) is 35.6 Å². The van der Waals surface area contributed by atoms with Gasteiger partial charge in [-0.2, -0.15) is 0 Å². The maximum atomic E-state index is 14.2. The van der Waals surface area contributed by atoms with E-state index in [1.54, 1.807) is 30.1 Å². The summed E-state index contributed by atoms with van der Waals surface area (Å²) in [4.78, 5) is 27.8. The predicted octanol–water partition coefficient (Wildman–Crippen LogP) is 0.583. The summed E-state index contributed by atoms with van der Waals surface area (Å²) in [6, 6.07) is 5.38. The number of carbonyl (C=O) groups is 2. The van der Waals surface area contributed by atoms with E-state index in [0.29, 0.717) is 26.3 Å². The van der Waals surface area contributed by atoms with Gasteiger partial charge in [-0.1, -0.05) is 18.2 Å². The molecule has 23 heavy (non-hydrogen) atoms. The van der Waals surface area contributed by atoms with Gasteiger partial charge in [-0.3, -0.25) is 9.59 Å². The minimum atomic E-state index is -0.910. The fourth-order valence-corrected chi connectivity index (χ4v) is 2.97. The Morgan fingerprint density at radius 2 is 1.96 bits per heavy atom. The van der Waals surface area contributed by atoms with Gasteiger partial charge in [0, 0.05) is 25.7 Å². The molecule has 2 aliphatic rings. The first-order chi connectivity index (χ1) is 11.1. The van der Waals surface area contributed by atoms with E-state index >= 15 is 0 Å². The average molecular weight is 322 g/mol. The largest absolute Gasteiger partial charge is 0.378 e. The van der Waals surface area contributed by atoms with Crippen molar-refractivity contribution < 1.29 is 23.5 Å². The number of likely N-dealkylation sites (N-methyl/N-ethyl adjacent to an activating group) is 1. The molecule has 2 atom stereocenters. The second-order valence-electron chi connectivity index (χ2n) is 5.64. The summed E-state index contributed by atoms with van der Waals surface area (Å²) < 4.78 is 25.0. The molecule has 1 aromatic carbocycles. The van der Waals surface area contributed by atoms with Crippen LogP contribution in [0.15, 0.2) is 24.3 Å². The zero-order chi connectivity index (χ0) is 16.4. The third kappa shape index (κ3) is 3.07. The Balaban J connectivity index is 1.91. The third-order valence-corrected chi connectivity index (χ3v) is 4.27. The highest BCUT2D eigenvalue weighted by Crippen LogP contribution is 2.31. The topological polar surface area (TPSA) is 59.1 Å². The van der Waals surface area contributed by atoms with Crippen LogP contribution in [0.25, 0.3) is 0 Å². The Kier molecular flexibility index (Phi) is 4.58. The Hall–Kier alpha value is -1.99. The summed E-state index contributed by atoms with van der Waals surface area (Å²) in [6.07, 6.45) is -0.910. The van der Waals surface area contributed by atoms with Crippen molar-refractivity contribution in [3.8, 4) is 0 Å². The van der Waals surface area contributed by atoms with Crippen molar-refractivity contribution in [1.82, 2.24) is 9.80 Å². The molecule has 7 heteroatoms. The zero-order valence-electron chi connectivity index (χ0n) is 12.9. The summed E-state index contributed by atoms with van der Waals surface area (Å²) in [5.41, 5.74) is 0.287. The Labute approximate surface area is 133 Å². The van der Waals surface area contributed by atoms with E-state index in [-0.39, 0.29) is 24.0 Å². The van der Waals surface area contributed by atoms with Gasteiger partial charge in [-0.15, -0.1) is 0 Å². The Bertz CT molecular complexity index is 603. The molecule has 2 heterocycles. The summed E-state index contributed by atoms with van der Waals surface area (Å²) in [5.74, 6) is -0.965. The van der Waals surface area contributed by atoms with Gasteiger partial charge in [0.25, 0.3) is 5.91 Å². The van der Waals surface area contributed by atoms with E-state index in [1.165, 1.54) is 11.0 Å². The number of halogens is 1. The molecule has 2 amide bonds. The number of benzene rings is 1. The molecule has 0 N–H and O–H groups in total. The molecule has 124 valence electrons. The highest BCUT2D eigenvalue weighted by atomic mass is 19.1. The van der Waals surface area contributed by atoms with Crippen LogP contribution in [0.2, 0.25) is 0 Å². The molecule has 2 fully saturated rings. The van der Waals surface area contributed by atoms with Crippen molar-refractivity contribution in [3.63, 3.8) is 0 Å². The molecule has 0 unspecified atom stereocenters. The van der Waals surface area contributed by atoms with Crippen LogP contribution in [-0.2, 0) is 19.1 Å². The van der Waals surface area contributed by atoms with Crippen LogP contribution in [-0.4, -0.2) is 67.7 Å². The second-order valence-corrected chi connectivity index (χ2v) is 5.64. The normalized spacial score (nSPS) is 25.6. The molecule has 3 rings (SSSR count). The first-order valence-electron chi connectivity index (χ1n) is 7.58. The second kappa shape index (κ2) is 6.64. The molecule has 0 aliphatic carbocycles. The standard InChI is InChI=1S/C16H19FN2O4/c1-18-13(20)10-23-15(16(21)19-6-8-22-9-7-19)14(18)11-4-2-3-5-12(11)17/h2-5,14-15H,6-10H2,1H3/t14-,15-/m1/s1. The van der Waals surface area contributed by atoms with Crippen molar-refractivity contribution >= 4 is 11.8 Å². The van der Waals surface area contributed by atoms with Gasteiger partial charge in [-0.05, 0) is 6.07 Å². The Morgan fingerprint density at radius 1 is 1.26 bits per heavy atom. The van der Waals surface area contributed by atoms with Crippen LogP contribution in [0, 0.1) is 5.82 Å². The molecule has 0 bridgehead atoms. The zero-order valence-corrected chi connectivity index (χ0v) is 12.9. The molecular formula is C16H19FN2O4. The van der Waals surface area contributed by atoms with E-state index in [4.69, 9.17) is 9.47 Å². The molecule has 2 aliphatic heterocycles. The number of hydrogen-bond acceptors (Lipinski definition) is 4. The summed E-state index contributed by atoms with van der Waals surface area (Å²) in [7, 11) is 1.57. The lowest BCUT2D eigenvalue weighted by molar-refractivity contribution is -0.169. The maximum Gasteiger partial charge on any atom is 0.254 e. The van der Waals surface area contributed by atoms with E-state index in [1.807, 2.05) is 0 Å². The highest BCUT2D eigenvalue weighted by Gasteiger charge is 2.43. The molecule has 2 saturated heterocycles. The van der Waals surface area contributed by atoms with E-state index in [0.717, 1.165) is 0 Å². The first-order valence-corrected chi connectivity index (χ1v) is 7.58. The third-order valence-electron chi connectivity index (χ3n) is 4.27. The number of hydrogen-bond donors (Lipinski definition) is 0. The quantitative estimate of drug-likeness (QED) is 0.799.